The van der Waals surface area contributed by atoms with E-state index in [0.29, 0.717) is 24.9 Å². The van der Waals surface area contributed by atoms with Gasteiger partial charge in [0.05, 0.1) is 11.2 Å². The Morgan fingerprint density at radius 2 is 2.11 bits per heavy atom. The third-order valence-corrected chi connectivity index (χ3v) is 3.70. The van der Waals surface area contributed by atoms with E-state index in [1.807, 2.05) is 6.92 Å². The molecule has 1 aliphatic rings. The molecule has 1 fully saturated rings. The molecule has 0 radical (unpaired) electrons. The Balaban J connectivity index is 2.08. The normalized spacial score (nSPS) is 19.3. The van der Waals surface area contributed by atoms with Gasteiger partial charge in [-0.3, -0.25) is 10.3 Å². The summed E-state index contributed by atoms with van der Waals surface area (Å²) < 4.78 is 14.1. The van der Waals surface area contributed by atoms with Gasteiger partial charge in [-0.25, -0.2) is 4.39 Å². The number of likely N-dealkylation sites (tertiary alicyclic amines) is 1. The number of nitrogen functional groups attached to an aromatic ring is 1. The van der Waals surface area contributed by atoms with Crippen LogP contribution in [0.5, 0.6) is 0 Å². The number of hydrogen-bond acceptors (Lipinski definition) is 3. The average Bonchev–Trinajstić information content (AvgIpc) is 2.34. The summed E-state index contributed by atoms with van der Waals surface area (Å²) in [5.74, 6) is -0.659. The number of piperidine rings is 1. The first kappa shape index (κ1) is 14.0. The van der Waals surface area contributed by atoms with Crippen molar-refractivity contribution in [3.8, 4) is 0 Å². The van der Waals surface area contributed by atoms with Crippen LogP contribution < -0.4 is 5.73 Å². The molecule has 5 heteroatoms. The van der Waals surface area contributed by atoms with Crippen LogP contribution >= 0.6 is 0 Å². The standard InChI is InChI=1S/C14H20FN3O/c1-14(19)5-7-18(8-6-14)9-10-3-2-4-11(12(10)15)13(16)17/h2-4,19H,5-9H2,1H3,(H3,16,17). The largest absolute Gasteiger partial charge is 0.390 e. The first-order valence-corrected chi connectivity index (χ1v) is 6.45. The topological polar surface area (TPSA) is 73.3 Å². The fraction of sp³-hybridized carbons (Fsp3) is 0.500. The van der Waals surface area contributed by atoms with Gasteiger partial charge in [-0.1, -0.05) is 12.1 Å². The average molecular weight is 265 g/mol. The molecule has 0 saturated carbocycles. The molecule has 0 unspecified atom stereocenters. The molecule has 0 amide bonds. The van der Waals surface area contributed by atoms with Crippen molar-refractivity contribution in [2.45, 2.75) is 31.9 Å². The molecule has 104 valence electrons. The van der Waals surface area contributed by atoms with E-state index in [1.54, 1.807) is 12.1 Å². The molecule has 0 bridgehead atoms. The molecule has 4 N–H and O–H groups in total. The van der Waals surface area contributed by atoms with Gasteiger partial charge in [0, 0.05) is 25.2 Å². The van der Waals surface area contributed by atoms with E-state index in [1.165, 1.54) is 6.07 Å². The van der Waals surface area contributed by atoms with E-state index in [4.69, 9.17) is 11.1 Å². The van der Waals surface area contributed by atoms with Gasteiger partial charge in [-0.2, -0.15) is 0 Å². The van der Waals surface area contributed by atoms with Crippen LogP contribution in [0.25, 0.3) is 0 Å². The second-order valence-corrected chi connectivity index (χ2v) is 5.47. The second-order valence-electron chi connectivity index (χ2n) is 5.47. The SMILES string of the molecule is CC1(O)CCN(Cc2cccc(C(=N)N)c2F)CC1. The Kier molecular flexibility index (Phi) is 3.87. The summed E-state index contributed by atoms with van der Waals surface area (Å²) in [4.78, 5) is 2.11. The maximum atomic E-state index is 14.1. The lowest BCUT2D eigenvalue weighted by molar-refractivity contribution is -0.00749. The zero-order valence-electron chi connectivity index (χ0n) is 11.1. The summed E-state index contributed by atoms with van der Waals surface area (Å²) in [6.45, 7) is 3.82. The van der Waals surface area contributed by atoms with Gasteiger partial charge in [0.25, 0.3) is 0 Å². The van der Waals surface area contributed by atoms with Crippen molar-refractivity contribution in [3.63, 3.8) is 0 Å². The summed E-state index contributed by atoms with van der Waals surface area (Å²) in [6, 6.07) is 4.95. The van der Waals surface area contributed by atoms with E-state index >= 15 is 0 Å². The van der Waals surface area contributed by atoms with E-state index in [-0.39, 0.29) is 11.4 Å². The molecule has 2 rings (SSSR count). The van der Waals surface area contributed by atoms with Crippen LogP contribution in [0.1, 0.15) is 30.9 Å². The molecule has 0 spiro atoms. The Hall–Kier alpha value is -1.46. The lowest BCUT2D eigenvalue weighted by Gasteiger charge is -2.35. The smallest absolute Gasteiger partial charge is 0.138 e. The molecule has 1 aromatic rings. The Bertz CT molecular complexity index is 478. The lowest BCUT2D eigenvalue weighted by Crippen LogP contribution is -2.42. The highest BCUT2D eigenvalue weighted by Crippen LogP contribution is 2.23. The third-order valence-electron chi connectivity index (χ3n) is 3.70. The van der Waals surface area contributed by atoms with Crippen molar-refractivity contribution in [2.75, 3.05) is 13.1 Å². The van der Waals surface area contributed by atoms with Gasteiger partial charge in [0.15, 0.2) is 0 Å². The number of nitrogens with zero attached hydrogens (tertiary/aromatic N) is 1. The molecule has 0 aromatic heterocycles. The Labute approximate surface area is 112 Å². The fourth-order valence-corrected chi connectivity index (χ4v) is 2.34. The summed E-state index contributed by atoms with van der Waals surface area (Å²) in [6.07, 6.45) is 1.39. The molecular weight excluding hydrogens is 245 g/mol. The van der Waals surface area contributed by atoms with Crippen LogP contribution in [0.4, 0.5) is 4.39 Å². The van der Waals surface area contributed by atoms with Gasteiger partial charge in [0.2, 0.25) is 0 Å². The molecule has 4 nitrogen and oxygen atoms in total. The highest BCUT2D eigenvalue weighted by atomic mass is 19.1. The van der Waals surface area contributed by atoms with Crippen molar-refractivity contribution in [3.05, 3.63) is 35.1 Å². The van der Waals surface area contributed by atoms with Crippen molar-refractivity contribution >= 4 is 5.84 Å². The van der Waals surface area contributed by atoms with E-state index in [2.05, 4.69) is 4.90 Å². The van der Waals surface area contributed by atoms with Gasteiger partial charge in [-0.15, -0.1) is 0 Å². The van der Waals surface area contributed by atoms with Crippen LogP contribution in [-0.2, 0) is 6.54 Å². The van der Waals surface area contributed by atoms with Gasteiger partial charge < -0.3 is 10.8 Å². The monoisotopic (exact) mass is 265 g/mol. The van der Waals surface area contributed by atoms with E-state index < -0.39 is 11.4 Å². The van der Waals surface area contributed by atoms with Crippen molar-refractivity contribution in [1.29, 1.82) is 5.41 Å². The second kappa shape index (κ2) is 5.27. The minimum atomic E-state index is -0.601. The number of benzene rings is 1. The maximum absolute atomic E-state index is 14.1. The predicted octanol–water partition coefficient (Wildman–Crippen LogP) is 1.46. The summed E-state index contributed by atoms with van der Waals surface area (Å²) in [7, 11) is 0. The van der Waals surface area contributed by atoms with E-state index in [9.17, 15) is 9.50 Å². The van der Waals surface area contributed by atoms with Crippen LogP contribution in [0, 0.1) is 11.2 Å². The van der Waals surface area contributed by atoms with Crippen LogP contribution in [0.2, 0.25) is 0 Å². The number of hydrogen-bond donors (Lipinski definition) is 3. The maximum Gasteiger partial charge on any atom is 0.138 e. The quantitative estimate of drug-likeness (QED) is 0.572. The fourth-order valence-electron chi connectivity index (χ4n) is 2.34. The van der Waals surface area contributed by atoms with Gasteiger partial charge >= 0.3 is 0 Å². The first-order valence-electron chi connectivity index (χ1n) is 6.45. The summed E-state index contributed by atoms with van der Waals surface area (Å²) in [5.41, 5.74) is 5.45. The molecule has 19 heavy (non-hydrogen) atoms. The minimum Gasteiger partial charge on any atom is -0.390 e. The summed E-state index contributed by atoms with van der Waals surface area (Å²) in [5, 5.41) is 17.2. The van der Waals surface area contributed by atoms with Crippen LogP contribution in [0.3, 0.4) is 0 Å². The van der Waals surface area contributed by atoms with Gasteiger partial charge in [0.1, 0.15) is 11.7 Å². The van der Waals surface area contributed by atoms with Crippen molar-refractivity contribution < 1.29 is 9.50 Å². The molecule has 0 atom stereocenters. The number of rotatable bonds is 3. The van der Waals surface area contributed by atoms with Crippen LogP contribution in [0.15, 0.2) is 18.2 Å². The number of aliphatic hydroxyl groups is 1. The summed E-state index contributed by atoms with van der Waals surface area (Å²) >= 11 is 0. The zero-order chi connectivity index (χ0) is 14.0. The van der Waals surface area contributed by atoms with E-state index in [0.717, 1.165) is 13.1 Å². The predicted molar refractivity (Wildman–Crippen MR) is 72.6 cm³/mol. The molecule has 1 heterocycles. The Morgan fingerprint density at radius 3 is 2.68 bits per heavy atom. The van der Waals surface area contributed by atoms with Crippen molar-refractivity contribution in [1.82, 2.24) is 4.90 Å². The highest BCUT2D eigenvalue weighted by molar-refractivity contribution is 5.95. The first-order chi connectivity index (χ1) is 8.89. The zero-order valence-corrected chi connectivity index (χ0v) is 11.1. The number of nitrogens with two attached hydrogens (primary N) is 1. The molecule has 1 aromatic carbocycles. The third kappa shape index (κ3) is 3.30. The number of halogens is 1. The minimum absolute atomic E-state index is 0.154. The number of nitrogens with one attached hydrogen (secondary N) is 1. The molecule has 0 aliphatic carbocycles. The van der Waals surface area contributed by atoms with Crippen molar-refractivity contribution in [2.24, 2.45) is 5.73 Å². The lowest BCUT2D eigenvalue weighted by atomic mass is 9.93. The Morgan fingerprint density at radius 1 is 1.47 bits per heavy atom. The highest BCUT2D eigenvalue weighted by Gasteiger charge is 2.27. The molecular formula is C14H20FN3O. The van der Waals surface area contributed by atoms with Gasteiger partial charge in [-0.05, 0) is 25.8 Å². The number of amidine groups is 1. The molecule has 1 saturated heterocycles. The molecule has 1 aliphatic heterocycles. The van der Waals surface area contributed by atoms with Crippen LogP contribution in [-0.4, -0.2) is 34.5 Å².